The van der Waals surface area contributed by atoms with Gasteiger partial charge in [0.05, 0.1) is 18.3 Å². The smallest absolute Gasteiger partial charge is 0.446 e. The molecule has 6 atom stereocenters. The third-order valence-corrected chi connectivity index (χ3v) is 8.00. The summed E-state index contributed by atoms with van der Waals surface area (Å²) < 4.78 is 19.8. The standard InChI is InChI=1S/3C9H8NO.Al/c3*11-8-5-1-3-7-4-2-6-10-9(7)8;/h3*1-6,8-9H;/q3*-1;+3. The molecule has 0 N–H and O–H groups in total. The van der Waals surface area contributed by atoms with Crippen molar-refractivity contribution in [3.63, 3.8) is 0 Å². The molecule has 0 aromatic carbocycles. The molecule has 3 heterocycles. The summed E-state index contributed by atoms with van der Waals surface area (Å²) in [6.07, 6.45) is 35.1. The van der Waals surface area contributed by atoms with Crippen LogP contribution in [0, 0.1) is 0 Å². The second-order valence-electron chi connectivity index (χ2n) is 8.55. The van der Waals surface area contributed by atoms with E-state index in [-0.39, 0.29) is 36.4 Å². The van der Waals surface area contributed by atoms with Gasteiger partial charge in [0.1, 0.15) is 18.1 Å². The molecule has 0 radical (unpaired) electrons. The summed E-state index contributed by atoms with van der Waals surface area (Å²) in [6, 6.07) is -0.297. The molecule has 168 valence electrons. The lowest BCUT2D eigenvalue weighted by molar-refractivity contribution is 0.0303. The van der Waals surface area contributed by atoms with Gasteiger partial charge in [-0.1, -0.05) is 72.9 Å². The van der Waals surface area contributed by atoms with E-state index >= 15 is 0 Å². The van der Waals surface area contributed by atoms with Gasteiger partial charge >= 0.3 is 15.1 Å². The first-order chi connectivity index (χ1) is 16.8. The minimum Gasteiger partial charge on any atom is -0.446 e. The summed E-state index contributed by atoms with van der Waals surface area (Å²) >= 11 is -2.68. The minimum absolute atomic E-state index is 0.0989. The van der Waals surface area contributed by atoms with Gasteiger partial charge in [-0.05, 0) is 34.9 Å². The molecular formula is C27H24AlN3O3. The Bertz CT molecular complexity index is 1050. The fraction of sp³-hybridized carbons (Fsp3) is 0.222. The zero-order chi connectivity index (χ0) is 22.7. The van der Waals surface area contributed by atoms with Crippen LogP contribution in [-0.2, 0) is 11.4 Å². The second-order valence-corrected chi connectivity index (χ2v) is 9.95. The highest BCUT2D eigenvalue weighted by Gasteiger charge is 2.44. The molecular weight excluding hydrogens is 441 g/mol. The fourth-order valence-electron chi connectivity index (χ4n) is 4.71. The van der Waals surface area contributed by atoms with Gasteiger partial charge in [0.25, 0.3) is 0 Å². The summed E-state index contributed by atoms with van der Waals surface area (Å²) in [6.45, 7) is 0. The Morgan fingerprint density at radius 2 is 0.853 bits per heavy atom. The molecule has 7 heteroatoms. The van der Waals surface area contributed by atoms with E-state index in [1.54, 1.807) is 0 Å². The summed E-state index contributed by atoms with van der Waals surface area (Å²) in [7, 11) is 0. The van der Waals surface area contributed by atoms with Crippen LogP contribution in [0.25, 0.3) is 0 Å². The minimum atomic E-state index is -2.68. The van der Waals surface area contributed by atoms with E-state index in [9.17, 15) is 0 Å². The third kappa shape index (κ3) is 4.41. The van der Waals surface area contributed by atoms with Crippen molar-refractivity contribution < 1.29 is 11.4 Å². The van der Waals surface area contributed by atoms with Crippen LogP contribution in [0.1, 0.15) is 0 Å². The van der Waals surface area contributed by atoms with E-state index in [1.807, 2.05) is 73.3 Å². The Morgan fingerprint density at radius 1 is 0.500 bits per heavy atom. The number of hydrogen-bond acceptors (Lipinski definition) is 6. The van der Waals surface area contributed by atoms with Gasteiger partial charge in [-0.25, -0.2) is 0 Å². The fourth-order valence-corrected chi connectivity index (χ4v) is 6.40. The molecule has 0 aromatic heterocycles. The zero-order valence-electron chi connectivity index (χ0n) is 18.5. The molecule has 6 unspecified atom stereocenters. The molecule has 6 nitrogen and oxygen atoms in total. The van der Waals surface area contributed by atoms with Crippen molar-refractivity contribution in [1.29, 1.82) is 0 Å². The Hall–Kier alpha value is -2.92. The van der Waals surface area contributed by atoms with Gasteiger partial charge in [0, 0.05) is 18.6 Å². The van der Waals surface area contributed by atoms with Crippen LogP contribution >= 0.6 is 0 Å². The average molecular weight is 465 g/mol. The van der Waals surface area contributed by atoms with Crippen molar-refractivity contribution in [2.75, 3.05) is 0 Å². The maximum Gasteiger partial charge on any atom is 0.907 e. The van der Waals surface area contributed by atoms with Gasteiger partial charge in [-0.3, -0.25) is 15.0 Å². The molecule has 6 rings (SSSR count). The Morgan fingerprint density at radius 3 is 1.21 bits per heavy atom. The highest BCUT2D eigenvalue weighted by Crippen LogP contribution is 2.29. The molecule has 3 aliphatic heterocycles. The van der Waals surface area contributed by atoms with Gasteiger partial charge in [-0.2, -0.15) is 0 Å². The summed E-state index contributed by atoms with van der Waals surface area (Å²) in [5.41, 5.74) is 3.37. The van der Waals surface area contributed by atoms with Crippen molar-refractivity contribution >= 4 is 33.8 Å². The van der Waals surface area contributed by atoms with E-state index in [2.05, 4.69) is 51.4 Å². The number of rotatable bonds is 6. The average Bonchev–Trinajstić information content (AvgIpc) is 2.89. The van der Waals surface area contributed by atoms with E-state index in [0.717, 1.165) is 16.7 Å². The van der Waals surface area contributed by atoms with E-state index < -0.39 is 15.1 Å². The van der Waals surface area contributed by atoms with Gasteiger partial charge in [0.2, 0.25) is 0 Å². The molecule has 0 aromatic rings. The maximum atomic E-state index is 6.60. The SMILES string of the molecule is C1=CC2=CC=CC([O][Al]([O]C3C=CC=C4C=CC=NC43)[O]C3C=CC=C4C=CC=NC43)C2N=C1. The number of hydrogen-bond donors (Lipinski definition) is 0. The Balaban J connectivity index is 1.24. The summed E-state index contributed by atoms with van der Waals surface area (Å²) in [5.74, 6) is 0. The number of aliphatic imine (C=N–C) groups is 3. The number of dihydropyridines is 3. The largest absolute Gasteiger partial charge is 0.907 e. The van der Waals surface area contributed by atoms with Crippen LogP contribution in [0.5, 0.6) is 0 Å². The molecule has 0 bridgehead atoms. The Kier molecular flexibility index (Phi) is 6.20. The second kappa shape index (κ2) is 9.75. The van der Waals surface area contributed by atoms with Crippen LogP contribution in [0.2, 0.25) is 0 Å². The lowest BCUT2D eigenvalue weighted by Crippen LogP contribution is -2.46. The Labute approximate surface area is 204 Å². The highest BCUT2D eigenvalue weighted by atomic mass is 27.3. The maximum absolute atomic E-state index is 6.60. The first-order valence-electron chi connectivity index (χ1n) is 11.6. The van der Waals surface area contributed by atoms with E-state index in [1.165, 1.54) is 0 Å². The van der Waals surface area contributed by atoms with Crippen LogP contribution in [0.4, 0.5) is 0 Å². The molecule has 3 aliphatic carbocycles. The number of fused-ring (bicyclic) bond motifs is 3. The van der Waals surface area contributed by atoms with Gasteiger partial charge < -0.3 is 11.4 Å². The van der Waals surface area contributed by atoms with E-state index in [0.29, 0.717) is 0 Å². The van der Waals surface area contributed by atoms with Crippen molar-refractivity contribution in [2.45, 2.75) is 36.4 Å². The normalized spacial score (nSPS) is 33.7. The molecule has 34 heavy (non-hydrogen) atoms. The molecule has 6 aliphatic rings. The number of nitrogens with zero attached hydrogens (tertiary/aromatic N) is 3. The van der Waals surface area contributed by atoms with Crippen LogP contribution in [0.3, 0.4) is 0 Å². The topological polar surface area (TPSA) is 64.8 Å². The predicted molar refractivity (Wildman–Crippen MR) is 136 cm³/mol. The molecule has 0 amide bonds. The van der Waals surface area contributed by atoms with Crippen molar-refractivity contribution in [1.82, 2.24) is 0 Å². The van der Waals surface area contributed by atoms with Gasteiger partial charge in [-0.15, -0.1) is 0 Å². The van der Waals surface area contributed by atoms with Crippen LogP contribution in [0.15, 0.2) is 123 Å². The first-order valence-corrected chi connectivity index (χ1v) is 13.0. The predicted octanol–water partition coefficient (Wildman–Crippen LogP) is 3.64. The monoisotopic (exact) mass is 465 g/mol. The lowest BCUT2D eigenvalue weighted by atomic mass is 9.95. The van der Waals surface area contributed by atoms with Crippen LogP contribution < -0.4 is 0 Å². The highest BCUT2D eigenvalue weighted by molar-refractivity contribution is 6.36. The summed E-state index contributed by atoms with van der Waals surface area (Å²) in [5, 5.41) is 0. The van der Waals surface area contributed by atoms with Crippen molar-refractivity contribution in [3.05, 3.63) is 108 Å². The molecule has 0 spiro atoms. The van der Waals surface area contributed by atoms with Gasteiger partial charge in [0.15, 0.2) is 0 Å². The third-order valence-electron chi connectivity index (χ3n) is 6.40. The number of allylic oxidation sites excluding steroid dienone is 9. The molecule has 0 fully saturated rings. The first kappa shape index (κ1) is 21.6. The van der Waals surface area contributed by atoms with E-state index in [4.69, 9.17) is 11.4 Å². The van der Waals surface area contributed by atoms with Crippen LogP contribution in [-0.4, -0.2) is 70.2 Å². The zero-order valence-corrected chi connectivity index (χ0v) is 19.7. The quantitative estimate of drug-likeness (QED) is 0.563. The summed E-state index contributed by atoms with van der Waals surface area (Å²) in [4.78, 5) is 14.0. The van der Waals surface area contributed by atoms with Crippen molar-refractivity contribution in [3.8, 4) is 0 Å². The van der Waals surface area contributed by atoms with Crippen molar-refractivity contribution in [2.24, 2.45) is 15.0 Å². The molecule has 0 saturated carbocycles. The lowest BCUT2D eigenvalue weighted by Gasteiger charge is -2.34. The molecule has 0 saturated heterocycles.